The molecule has 11 heavy (non-hydrogen) atoms. The summed E-state index contributed by atoms with van der Waals surface area (Å²) in [6.45, 7) is 0. The Labute approximate surface area is 62.8 Å². The first-order valence-electron chi connectivity index (χ1n) is 2.91. The van der Waals surface area contributed by atoms with E-state index in [0.29, 0.717) is 0 Å². The maximum atomic E-state index is 10.2. The van der Waals surface area contributed by atoms with E-state index in [-0.39, 0.29) is 6.42 Å². The van der Waals surface area contributed by atoms with Crippen molar-refractivity contribution in [1.29, 1.82) is 0 Å². The molecule has 6 N–H and O–H groups in total. The van der Waals surface area contributed by atoms with Crippen molar-refractivity contribution in [2.24, 2.45) is 11.5 Å². The Bertz CT molecular complexity index is 152. The van der Waals surface area contributed by atoms with Gasteiger partial charge in [0.15, 0.2) is 0 Å². The molecule has 0 saturated carbocycles. The maximum Gasteiger partial charge on any atom is 0.320 e. The van der Waals surface area contributed by atoms with Crippen LogP contribution in [-0.4, -0.2) is 34.2 Å². The Kier molecular flexibility index (Phi) is 3.49. The van der Waals surface area contributed by atoms with Gasteiger partial charge in [0.05, 0.1) is 0 Å². The van der Waals surface area contributed by atoms with E-state index in [9.17, 15) is 9.59 Å². The number of primary amides is 1. The number of aliphatic hydroxyl groups is 1. The highest BCUT2D eigenvalue weighted by Crippen LogP contribution is 1.94. The van der Waals surface area contributed by atoms with Gasteiger partial charge in [-0.1, -0.05) is 0 Å². The molecule has 0 aliphatic heterocycles. The molecule has 0 heterocycles. The third-order valence-corrected chi connectivity index (χ3v) is 1.12. The number of hydrogen-bond donors (Lipinski definition) is 4. The Morgan fingerprint density at radius 2 is 1.91 bits per heavy atom. The summed E-state index contributed by atoms with van der Waals surface area (Å²) in [6, 6.07) is -1.25. The topological polar surface area (TPSA) is 127 Å². The van der Waals surface area contributed by atoms with E-state index in [4.69, 9.17) is 15.9 Å². The first-order chi connectivity index (χ1) is 4.95. The maximum absolute atomic E-state index is 10.2. The quantitative estimate of drug-likeness (QED) is 0.367. The largest absolute Gasteiger partial charge is 0.480 e. The average molecular weight is 162 g/mol. The van der Waals surface area contributed by atoms with Gasteiger partial charge >= 0.3 is 5.97 Å². The number of carboxylic acid groups (broad SMARTS) is 1. The van der Waals surface area contributed by atoms with Gasteiger partial charge < -0.3 is 21.7 Å². The first kappa shape index (κ1) is 9.86. The standard InChI is InChI=1S/C5H10N2O4/c6-2(5(10)11)1-3(8)4(7)9/h2-3,8H,1,6H2,(H2,7,9)(H,10,11)/t2-,3?/m1/s1. The van der Waals surface area contributed by atoms with Crippen LogP contribution < -0.4 is 11.5 Å². The van der Waals surface area contributed by atoms with E-state index in [1.807, 2.05) is 0 Å². The van der Waals surface area contributed by atoms with Crippen LogP contribution in [0.1, 0.15) is 6.42 Å². The fourth-order valence-corrected chi connectivity index (χ4v) is 0.458. The molecule has 0 aliphatic rings. The molecular weight excluding hydrogens is 152 g/mol. The molecule has 0 saturated heterocycles. The van der Waals surface area contributed by atoms with Gasteiger partial charge in [0, 0.05) is 6.42 Å². The van der Waals surface area contributed by atoms with E-state index in [1.165, 1.54) is 0 Å². The van der Waals surface area contributed by atoms with Crippen molar-refractivity contribution in [3.8, 4) is 0 Å². The molecule has 0 radical (unpaired) electrons. The van der Waals surface area contributed by atoms with E-state index in [2.05, 4.69) is 5.73 Å². The van der Waals surface area contributed by atoms with Crippen LogP contribution in [0.2, 0.25) is 0 Å². The zero-order valence-electron chi connectivity index (χ0n) is 5.73. The van der Waals surface area contributed by atoms with Crippen LogP contribution in [0, 0.1) is 0 Å². The monoisotopic (exact) mass is 162 g/mol. The SMILES string of the molecule is NC(=O)C(O)C[C@@H](N)C(=O)O. The van der Waals surface area contributed by atoms with Crippen molar-refractivity contribution in [2.45, 2.75) is 18.6 Å². The molecule has 0 aromatic rings. The second kappa shape index (κ2) is 3.89. The molecule has 0 aromatic carbocycles. The van der Waals surface area contributed by atoms with Crippen LogP contribution >= 0.6 is 0 Å². The second-order valence-corrected chi connectivity index (χ2v) is 2.10. The average Bonchev–Trinajstić information content (AvgIpc) is 1.87. The predicted molar refractivity (Wildman–Crippen MR) is 35.4 cm³/mol. The number of rotatable bonds is 4. The minimum absolute atomic E-state index is 0.356. The number of carboxylic acids is 1. The highest BCUT2D eigenvalue weighted by molar-refractivity contribution is 5.80. The molecule has 0 aromatic heterocycles. The minimum Gasteiger partial charge on any atom is -0.480 e. The summed E-state index contributed by atoms with van der Waals surface area (Å²) in [4.78, 5) is 20.3. The number of carbonyl (C=O) groups is 2. The molecule has 6 heteroatoms. The van der Waals surface area contributed by atoms with Gasteiger partial charge in [-0.3, -0.25) is 9.59 Å². The van der Waals surface area contributed by atoms with Gasteiger partial charge in [-0.15, -0.1) is 0 Å². The lowest BCUT2D eigenvalue weighted by molar-refractivity contribution is -0.139. The molecule has 0 rings (SSSR count). The highest BCUT2D eigenvalue weighted by Gasteiger charge is 2.19. The minimum atomic E-state index is -1.49. The smallest absolute Gasteiger partial charge is 0.320 e. The summed E-state index contributed by atoms with van der Waals surface area (Å²) in [5.41, 5.74) is 9.63. The fourth-order valence-electron chi connectivity index (χ4n) is 0.458. The van der Waals surface area contributed by atoms with E-state index < -0.39 is 24.0 Å². The van der Waals surface area contributed by atoms with Gasteiger partial charge in [-0.25, -0.2) is 0 Å². The first-order valence-corrected chi connectivity index (χ1v) is 2.91. The van der Waals surface area contributed by atoms with Gasteiger partial charge in [0.1, 0.15) is 12.1 Å². The Balaban J connectivity index is 3.84. The van der Waals surface area contributed by atoms with Crippen LogP contribution in [0.5, 0.6) is 0 Å². The normalized spacial score (nSPS) is 15.5. The highest BCUT2D eigenvalue weighted by atomic mass is 16.4. The molecule has 2 atom stereocenters. The molecule has 0 fully saturated rings. The van der Waals surface area contributed by atoms with Crippen LogP contribution in [0.25, 0.3) is 0 Å². The molecule has 0 bridgehead atoms. The molecule has 64 valence electrons. The lowest BCUT2D eigenvalue weighted by Crippen LogP contribution is -2.39. The van der Waals surface area contributed by atoms with Gasteiger partial charge in [0.25, 0.3) is 0 Å². The molecule has 0 spiro atoms. The third-order valence-electron chi connectivity index (χ3n) is 1.12. The fraction of sp³-hybridized carbons (Fsp3) is 0.600. The van der Waals surface area contributed by atoms with Gasteiger partial charge in [-0.05, 0) is 0 Å². The summed E-state index contributed by atoms with van der Waals surface area (Å²) < 4.78 is 0. The van der Waals surface area contributed by atoms with Gasteiger partial charge in [0.2, 0.25) is 5.91 Å². The van der Waals surface area contributed by atoms with Gasteiger partial charge in [-0.2, -0.15) is 0 Å². The van der Waals surface area contributed by atoms with Crippen LogP contribution in [-0.2, 0) is 9.59 Å². The van der Waals surface area contributed by atoms with Crippen molar-refractivity contribution in [1.82, 2.24) is 0 Å². The summed E-state index contributed by atoms with van der Waals surface area (Å²) >= 11 is 0. The Morgan fingerprint density at radius 3 is 2.18 bits per heavy atom. The van der Waals surface area contributed by atoms with Crippen LogP contribution in [0.4, 0.5) is 0 Å². The number of carbonyl (C=O) groups excluding carboxylic acids is 1. The summed E-state index contributed by atoms with van der Waals surface area (Å²) in [6.07, 6.45) is -1.84. The Morgan fingerprint density at radius 1 is 1.45 bits per heavy atom. The van der Waals surface area contributed by atoms with E-state index in [1.54, 1.807) is 0 Å². The van der Waals surface area contributed by atoms with E-state index >= 15 is 0 Å². The zero-order valence-corrected chi connectivity index (χ0v) is 5.73. The lowest BCUT2D eigenvalue weighted by Gasteiger charge is -2.08. The van der Waals surface area contributed by atoms with Crippen molar-refractivity contribution < 1.29 is 19.8 Å². The number of aliphatic carboxylic acids is 1. The number of nitrogens with two attached hydrogens (primary N) is 2. The zero-order chi connectivity index (χ0) is 9.02. The molecule has 1 amide bonds. The summed E-state index contributed by atoms with van der Waals surface area (Å²) in [5.74, 6) is -2.24. The number of hydrogen-bond acceptors (Lipinski definition) is 4. The van der Waals surface area contributed by atoms with Crippen molar-refractivity contribution in [2.75, 3.05) is 0 Å². The predicted octanol–water partition coefficient (Wildman–Crippen LogP) is -2.37. The van der Waals surface area contributed by atoms with Crippen molar-refractivity contribution in [3.05, 3.63) is 0 Å². The molecule has 6 nitrogen and oxygen atoms in total. The van der Waals surface area contributed by atoms with E-state index in [0.717, 1.165) is 0 Å². The third kappa shape index (κ3) is 3.54. The van der Waals surface area contributed by atoms with Crippen LogP contribution in [0.3, 0.4) is 0 Å². The number of amides is 1. The summed E-state index contributed by atoms with van der Waals surface area (Å²) in [7, 11) is 0. The van der Waals surface area contributed by atoms with Crippen molar-refractivity contribution in [3.63, 3.8) is 0 Å². The molecule has 0 aliphatic carbocycles. The second-order valence-electron chi connectivity index (χ2n) is 2.10. The Hall–Kier alpha value is -1.14. The van der Waals surface area contributed by atoms with Crippen LogP contribution in [0.15, 0.2) is 0 Å². The van der Waals surface area contributed by atoms with Crippen molar-refractivity contribution >= 4 is 11.9 Å². The lowest BCUT2D eigenvalue weighted by atomic mass is 10.1. The summed E-state index contributed by atoms with van der Waals surface area (Å²) in [5, 5.41) is 17.0. The molecular formula is C5H10N2O4. The molecule has 1 unspecified atom stereocenters. The number of aliphatic hydroxyl groups excluding tert-OH is 1.